The monoisotopic (exact) mass is 276 g/mol. The van der Waals surface area contributed by atoms with Gasteiger partial charge in [-0.2, -0.15) is 0 Å². The largest absolute Gasteiger partial charge is 0.492 e. The van der Waals surface area contributed by atoms with Crippen molar-refractivity contribution in [2.24, 2.45) is 5.73 Å². The molecule has 0 aliphatic carbocycles. The summed E-state index contributed by atoms with van der Waals surface area (Å²) in [5, 5.41) is 0. The van der Waals surface area contributed by atoms with E-state index in [2.05, 4.69) is 49.9 Å². The highest BCUT2D eigenvalue weighted by Crippen LogP contribution is 2.24. The Morgan fingerprint density at radius 2 is 1.95 bits per heavy atom. The number of benzene rings is 1. The molecule has 0 aromatic heterocycles. The second kappa shape index (κ2) is 6.59. The average molecular weight is 276 g/mol. The maximum Gasteiger partial charge on any atom is 0.119 e. The fraction of sp³-hybridized carbons (Fsp3) is 0.647. The van der Waals surface area contributed by atoms with Gasteiger partial charge in [0.1, 0.15) is 12.4 Å². The molecule has 3 heteroatoms. The molecule has 2 N–H and O–H groups in total. The summed E-state index contributed by atoms with van der Waals surface area (Å²) >= 11 is 0. The van der Waals surface area contributed by atoms with Crippen molar-refractivity contribution in [3.63, 3.8) is 0 Å². The molecule has 2 rings (SSSR count). The molecule has 0 amide bonds. The lowest BCUT2D eigenvalue weighted by Gasteiger charge is -2.30. The van der Waals surface area contributed by atoms with Crippen LogP contribution in [0.4, 0.5) is 0 Å². The molecule has 0 radical (unpaired) electrons. The number of nitrogens with two attached hydrogens (primary N) is 1. The first-order valence-corrected chi connectivity index (χ1v) is 7.66. The fourth-order valence-electron chi connectivity index (χ4n) is 2.64. The second-order valence-electron chi connectivity index (χ2n) is 6.83. The van der Waals surface area contributed by atoms with E-state index in [1.807, 2.05) is 0 Å². The Bertz CT molecular complexity index is 408. The average Bonchev–Trinajstić information content (AvgIpc) is 2.38. The van der Waals surface area contributed by atoms with Gasteiger partial charge in [-0.25, -0.2) is 0 Å². The zero-order chi connectivity index (χ0) is 14.6. The molecule has 1 aromatic carbocycles. The SMILES string of the molecule is CC(C)(C)c1ccc(OCCN2CCCC(N)C2)cc1. The van der Waals surface area contributed by atoms with Crippen LogP contribution in [-0.2, 0) is 5.41 Å². The molecule has 1 heterocycles. The highest BCUT2D eigenvalue weighted by atomic mass is 16.5. The second-order valence-corrected chi connectivity index (χ2v) is 6.83. The normalized spacial score (nSPS) is 20.9. The minimum Gasteiger partial charge on any atom is -0.492 e. The summed E-state index contributed by atoms with van der Waals surface area (Å²) < 4.78 is 5.83. The topological polar surface area (TPSA) is 38.5 Å². The summed E-state index contributed by atoms with van der Waals surface area (Å²) in [6.45, 7) is 10.5. The summed E-state index contributed by atoms with van der Waals surface area (Å²) in [5.41, 5.74) is 7.52. The van der Waals surface area contributed by atoms with Gasteiger partial charge in [0.25, 0.3) is 0 Å². The molecule has 0 spiro atoms. The van der Waals surface area contributed by atoms with Crippen molar-refractivity contribution >= 4 is 0 Å². The van der Waals surface area contributed by atoms with Crippen LogP contribution in [0.3, 0.4) is 0 Å². The highest BCUT2D eigenvalue weighted by Gasteiger charge is 2.16. The van der Waals surface area contributed by atoms with Crippen LogP contribution in [0.2, 0.25) is 0 Å². The van der Waals surface area contributed by atoms with Crippen molar-refractivity contribution in [1.29, 1.82) is 0 Å². The minimum atomic E-state index is 0.197. The number of rotatable bonds is 4. The number of hydrogen-bond donors (Lipinski definition) is 1. The highest BCUT2D eigenvalue weighted by molar-refractivity contribution is 5.31. The summed E-state index contributed by atoms with van der Waals surface area (Å²) in [6, 6.07) is 8.80. The maximum atomic E-state index is 5.98. The van der Waals surface area contributed by atoms with Crippen LogP contribution >= 0.6 is 0 Å². The summed E-state index contributed by atoms with van der Waals surface area (Å²) in [5.74, 6) is 0.958. The molecule has 20 heavy (non-hydrogen) atoms. The third kappa shape index (κ3) is 4.50. The molecule has 1 aliphatic rings. The van der Waals surface area contributed by atoms with Crippen LogP contribution in [0.25, 0.3) is 0 Å². The van der Waals surface area contributed by atoms with E-state index in [0.29, 0.717) is 6.04 Å². The lowest BCUT2D eigenvalue weighted by Crippen LogP contribution is -2.44. The van der Waals surface area contributed by atoms with Crippen LogP contribution in [-0.4, -0.2) is 37.2 Å². The summed E-state index contributed by atoms with van der Waals surface area (Å²) in [4.78, 5) is 2.40. The Labute approximate surface area is 123 Å². The first-order valence-electron chi connectivity index (χ1n) is 7.66. The molecule has 112 valence electrons. The predicted octanol–water partition coefficient (Wildman–Crippen LogP) is 2.79. The van der Waals surface area contributed by atoms with Crippen molar-refractivity contribution in [2.75, 3.05) is 26.2 Å². The van der Waals surface area contributed by atoms with Gasteiger partial charge in [-0.05, 0) is 42.5 Å². The number of ether oxygens (including phenoxy) is 1. The van der Waals surface area contributed by atoms with Gasteiger partial charge in [-0.3, -0.25) is 4.90 Å². The lowest BCUT2D eigenvalue weighted by atomic mass is 9.87. The van der Waals surface area contributed by atoms with E-state index >= 15 is 0 Å². The minimum absolute atomic E-state index is 0.197. The van der Waals surface area contributed by atoms with Gasteiger partial charge in [0.05, 0.1) is 0 Å². The van der Waals surface area contributed by atoms with E-state index in [0.717, 1.165) is 38.4 Å². The Morgan fingerprint density at radius 3 is 2.55 bits per heavy atom. The molecule has 1 saturated heterocycles. The first kappa shape index (κ1) is 15.3. The Balaban J connectivity index is 1.77. The van der Waals surface area contributed by atoms with Gasteiger partial charge in [0, 0.05) is 19.1 Å². The van der Waals surface area contributed by atoms with Gasteiger partial charge in [0.2, 0.25) is 0 Å². The lowest BCUT2D eigenvalue weighted by molar-refractivity contribution is 0.171. The molecule has 1 fully saturated rings. The Hall–Kier alpha value is -1.06. The van der Waals surface area contributed by atoms with Gasteiger partial charge >= 0.3 is 0 Å². The van der Waals surface area contributed by atoms with Gasteiger partial charge in [0.15, 0.2) is 0 Å². The number of nitrogens with zero attached hydrogens (tertiary/aromatic N) is 1. The Morgan fingerprint density at radius 1 is 1.25 bits per heavy atom. The van der Waals surface area contributed by atoms with Crippen molar-refractivity contribution < 1.29 is 4.74 Å². The van der Waals surface area contributed by atoms with Crippen LogP contribution in [0.1, 0.15) is 39.2 Å². The zero-order valence-corrected chi connectivity index (χ0v) is 13.1. The maximum absolute atomic E-state index is 5.98. The molecule has 1 aliphatic heterocycles. The molecule has 0 bridgehead atoms. The van der Waals surface area contributed by atoms with E-state index < -0.39 is 0 Å². The molecular weight excluding hydrogens is 248 g/mol. The fourth-order valence-corrected chi connectivity index (χ4v) is 2.64. The first-order chi connectivity index (χ1) is 9.45. The molecular formula is C17H28N2O. The molecule has 1 aromatic rings. The van der Waals surface area contributed by atoms with Crippen LogP contribution < -0.4 is 10.5 Å². The quantitative estimate of drug-likeness (QED) is 0.919. The summed E-state index contributed by atoms with van der Waals surface area (Å²) in [7, 11) is 0. The molecule has 1 atom stereocenters. The van der Waals surface area contributed by atoms with E-state index in [-0.39, 0.29) is 5.41 Å². The number of hydrogen-bond acceptors (Lipinski definition) is 3. The van der Waals surface area contributed by atoms with Crippen molar-refractivity contribution in [3.8, 4) is 5.75 Å². The van der Waals surface area contributed by atoms with E-state index in [1.165, 1.54) is 12.0 Å². The van der Waals surface area contributed by atoms with Crippen LogP contribution in [0, 0.1) is 0 Å². The standard InChI is InChI=1S/C17H28N2O/c1-17(2,3)14-6-8-16(9-7-14)20-12-11-19-10-4-5-15(18)13-19/h6-9,15H,4-5,10-13,18H2,1-3H3. The van der Waals surface area contributed by atoms with Crippen LogP contribution in [0.5, 0.6) is 5.75 Å². The zero-order valence-electron chi connectivity index (χ0n) is 13.1. The van der Waals surface area contributed by atoms with E-state index in [9.17, 15) is 0 Å². The van der Waals surface area contributed by atoms with E-state index in [4.69, 9.17) is 10.5 Å². The van der Waals surface area contributed by atoms with Gasteiger partial charge in [-0.15, -0.1) is 0 Å². The number of likely N-dealkylation sites (tertiary alicyclic amines) is 1. The third-order valence-corrected chi connectivity index (χ3v) is 3.94. The van der Waals surface area contributed by atoms with Crippen molar-refractivity contribution in [2.45, 2.75) is 45.1 Å². The molecule has 1 unspecified atom stereocenters. The number of piperidine rings is 1. The Kier molecular flexibility index (Phi) is 5.06. The molecule has 3 nitrogen and oxygen atoms in total. The predicted molar refractivity (Wildman–Crippen MR) is 84.3 cm³/mol. The van der Waals surface area contributed by atoms with Gasteiger partial charge < -0.3 is 10.5 Å². The van der Waals surface area contributed by atoms with Crippen molar-refractivity contribution in [1.82, 2.24) is 4.90 Å². The van der Waals surface area contributed by atoms with Gasteiger partial charge in [-0.1, -0.05) is 32.9 Å². The summed E-state index contributed by atoms with van der Waals surface area (Å²) in [6.07, 6.45) is 2.37. The van der Waals surface area contributed by atoms with Crippen molar-refractivity contribution in [3.05, 3.63) is 29.8 Å². The van der Waals surface area contributed by atoms with E-state index in [1.54, 1.807) is 0 Å². The third-order valence-electron chi connectivity index (χ3n) is 3.94. The van der Waals surface area contributed by atoms with Crippen LogP contribution in [0.15, 0.2) is 24.3 Å². The molecule has 0 saturated carbocycles. The smallest absolute Gasteiger partial charge is 0.119 e.